The first-order valence-corrected chi connectivity index (χ1v) is 8.38. The Bertz CT molecular complexity index is 317. The van der Waals surface area contributed by atoms with Crippen molar-refractivity contribution in [3.8, 4) is 0 Å². The second-order valence-corrected chi connectivity index (χ2v) is 6.62. The molecule has 0 aromatic rings. The van der Waals surface area contributed by atoms with Crippen molar-refractivity contribution in [3.63, 3.8) is 0 Å². The quantitative estimate of drug-likeness (QED) is 0.562. The van der Waals surface area contributed by atoms with Gasteiger partial charge in [0.05, 0.1) is 0 Å². The number of carbonyl (C=O) groups is 1. The summed E-state index contributed by atoms with van der Waals surface area (Å²) in [5.74, 6) is 0.240. The van der Waals surface area contributed by atoms with E-state index in [1.807, 2.05) is 0 Å². The molecule has 1 fully saturated rings. The van der Waals surface area contributed by atoms with Gasteiger partial charge in [0.15, 0.2) is 0 Å². The van der Waals surface area contributed by atoms with Crippen molar-refractivity contribution in [1.29, 1.82) is 0 Å². The predicted octanol–water partition coefficient (Wildman–Crippen LogP) is 0.894. The lowest BCUT2D eigenvalue weighted by Gasteiger charge is -2.37. The highest BCUT2D eigenvalue weighted by atomic mass is 16.1. The van der Waals surface area contributed by atoms with E-state index in [2.05, 4.69) is 43.1 Å². The van der Waals surface area contributed by atoms with E-state index in [1.165, 1.54) is 0 Å². The van der Waals surface area contributed by atoms with Crippen molar-refractivity contribution in [2.45, 2.75) is 45.1 Å². The van der Waals surface area contributed by atoms with Gasteiger partial charge in [0.2, 0.25) is 5.91 Å². The summed E-state index contributed by atoms with van der Waals surface area (Å²) in [5.41, 5.74) is 5.29. The predicted molar refractivity (Wildman–Crippen MR) is 88.2 cm³/mol. The van der Waals surface area contributed by atoms with E-state index < -0.39 is 5.54 Å². The van der Waals surface area contributed by atoms with Gasteiger partial charge in [-0.25, -0.2) is 0 Å². The van der Waals surface area contributed by atoms with E-state index in [9.17, 15) is 4.79 Å². The smallest absolute Gasteiger partial charge is 0.239 e. The van der Waals surface area contributed by atoms with Crippen LogP contribution in [0.5, 0.6) is 0 Å². The van der Waals surface area contributed by atoms with Crippen molar-refractivity contribution >= 4 is 5.91 Å². The maximum Gasteiger partial charge on any atom is 0.239 e. The van der Waals surface area contributed by atoms with Gasteiger partial charge < -0.3 is 16.0 Å². The van der Waals surface area contributed by atoms with Crippen molar-refractivity contribution in [2.24, 2.45) is 11.7 Å². The van der Waals surface area contributed by atoms with Crippen LogP contribution in [-0.2, 0) is 4.79 Å². The molecular weight excluding hydrogens is 264 g/mol. The monoisotopic (exact) mass is 298 g/mol. The molecule has 1 aliphatic rings. The molecule has 1 amide bonds. The third-order valence-electron chi connectivity index (χ3n) is 4.28. The summed E-state index contributed by atoms with van der Waals surface area (Å²) in [7, 11) is 4.17. The molecule has 1 aliphatic carbocycles. The summed E-state index contributed by atoms with van der Waals surface area (Å²) < 4.78 is 0. The molecule has 0 spiro atoms. The minimum absolute atomic E-state index is 0.176. The Morgan fingerprint density at radius 1 is 1.19 bits per heavy atom. The lowest BCUT2D eigenvalue weighted by molar-refractivity contribution is -0.126. The standard InChI is InChI=1S/C16H34N4O/c1-5-9-18-16(15(17)21,14-7-8-14)13-20(10-6-2)12-11-19(3)4/h14,18H,5-13H2,1-4H3,(H2,17,21). The first-order chi connectivity index (χ1) is 9.96. The maximum atomic E-state index is 12.2. The number of primary amides is 1. The minimum atomic E-state index is -0.530. The van der Waals surface area contributed by atoms with Crippen LogP contribution >= 0.6 is 0 Å². The van der Waals surface area contributed by atoms with Crippen LogP contribution in [0.25, 0.3) is 0 Å². The molecule has 1 rings (SSSR count). The minimum Gasteiger partial charge on any atom is -0.368 e. The van der Waals surface area contributed by atoms with Crippen molar-refractivity contribution in [2.75, 3.05) is 46.8 Å². The molecule has 0 bridgehead atoms. The summed E-state index contributed by atoms with van der Waals surface area (Å²) >= 11 is 0. The molecule has 21 heavy (non-hydrogen) atoms. The number of rotatable bonds is 12. The molecule has 3 N–H and O–H groups in total. The van der Waals surface area contributed by atoms with Crippen LogP contribution in [-0.4, -0.2) is 68.1 Å². The van der Waals surface area contributed by atoms with Gasteiger partial charge in [-0.05, 0) is 58.8 Å². The van der Waals surface area contributed by atoms with Crippen LogP contribution < -0.4 is 11.1 Å². The number of nitrogens with one attached hydrogen (secondary N) is 1. The molecule has 1 unspecified atom stereocenters. The Kier molecular flexibility index (Phi) is 7.63. The van der Waals surface area contributed by atoms with Crippen molar-refractivity contribution in [3.05, 3.63) is 0 Å². The second kappa shape index (κ2) is 8.71. The summed E-state index contributed by atoms with van der Waals surface area (Å²) in [5, 5.41) is 3.49. The number of hydrogen-bond acceptors (Lipinski definition) is 4. The fraction of sp³-hybridized carbons (Fsp3) is 0.938. The lowest BCUT2D eigenvalue weighted by Crippen LogP contribution is -2.63. The normalized spacial score (nSPS) is 18.2. The maximum absolute atomic E-state index is 12.2. The Labute approximate surface area is 130 Å². The van der Waals surface area contributed by atoms with Crippen molar-refractivity contribution in [1.82, 2.24) is 15.1 Å². The van der Waals surface area contributed by atoms with E-state index in [0.717, 1.165) is 58.4 Å². The van der Waals surface area contributed by atoms with Crippen LogP contribution in [0.2, 0.25) is 0 Å². The number of nitrogens with zero attached hydrogens (tertiary/aromatic N) is 2. The van der Waals surface area contributed by atoms with Crippen LogP contribution in [0.3, 0.4) is 0 Å². The van der Waals surface area contributed by atoms with Crippen LogP contribution in [0, 0.1) is 5.92 Å². The van der Waals surface area contributed by atoms with Gasteiger partial charge in [-0.2, -0.15) is 0 Å². The number of likely N-dealkylation sites (N-methyl/N-ethyl adjacent to an activating group) is 1. The number of hydrogen-bond donors (Lipinski definition) is 2. The number of carbonyl (C=O) groups excluding carboxylic acids is 1. The van der Waals surface area contributed by atoms with Gasteiger partial charge in [-0.3, -0.25) is 9.69 Å². The van der Waals surface area contributed by atoms with Gasteiger partial charge in [0.1, 0.15) is 5.54 Å². The molecule has 5 nitrogen and oxygen atoms in total. The molecule has 124 valence electrons. The fourth-order valence-electron chi connectivity index (χ4n) is 2.90. The second-order valence-electron chi connectivity index (χ2n) is 6.62. The van der Waals surface area contributed by atoms with Gasteiger partial charge >= 0.3 is 0 Å². The van der Waals surface area contributed by atoms with Gasteiger partial charge in [0, 0.05) is 19.6 Å². The first kappa shape index (κ1) is 18.4. The zero-order valence-electron chi connectivity index (χ0n) is 14.3. The third kappa shape index (κ3) is 5.57. The van der Waals surface area contributed by atoms with Gasteiger partial charge in [-0.1, -0.05) is 13.8 Å². The first-order valence-electron chi connectivity index (χ1n) is 8.38. The molecule has 0 saturated heterocycles. The van der Waals surface area contributed by atoms with E-state index in [0.29, 0.717) is 5.92 Å². The lowest BCUT2D eigenvalue weighted by atomic mass is 9.90. The van der Waals surface area contributed by atoms with Gasteiger partial charge in [-0.15, -0.1) is 0 Å². The molecule has 0 radical (unpaired) electrons. The molecule has 1 saturated carbocycles. The zero-order valence-corrected chi connectivity index (χ0v) is 14.3. The van der Waals surface area contributed by atoms with Crippen molar-refractivity contribution < 1.29 is 4.79 Å². The Balaban J connectivity index is 2.77. The summed E-state index contributed by atoms with van der Waals surface area (Å²) in [6.07, 6.45) is 4.36. The zero-order chi connectivity index (χ0) is 15.9. The molecule has 0 aromatic heterocycles. The van der Waals surface area contributed by atoms with Crippen LogP contribution in [0.15, 0.2) is 0 Å². The van der Waals surface area contributed by atoms with Crippen LogP contribution in [0.1, 0.15) is 39.5 Å². The highest BCUT2D eigenvalue weighted by Crippen LogP contribution is 2.40. The molecule has 0 aromatic carbocycles. The Morgan fingerprint density at radius 2 is 1.86 bits per heavy atom. The largest absolute Gasteiger partial charge is 0.368 e. The molecule has 0 aliphatic heterocycles. The SMILES string of the molecule is CCCNC(CN(CCC)CCN(C)C)(C(N)=O)C1CC1. The molecule has 1 atom stereocenters. The average molecular weight is 298 g/mol. The van der Waals surface area contributed by atoms with E-state index in [4.69, 9.17) is 5.73 Å². The molecule has 5 heteroatoms. The van der Waals surface area contributed by atoms with Gasteiger partial charge in [0.25, 0.3) is 0 Å². The van der Waals surface area contributed by atoms with E-state index in [-0.39, 0.29) is 5.91 Å². The summed E-state index contributed by atoms with van der Waals surface area (Å²) in [6.45, 7) is 8.92. The fourth-order valence-corrected chi connectivity index (χ4v) is 2.90. The number of amides is 1. The summed E-state index contributed by atoms with van der Waals surface area (Å²) in [4.78, 5) is 16.8. The van der Waals surface area contributed by atoms with E-state index >= 15 is 0 Å². The highest BCUT2D eigenvalue weighted by Gasteiger charge is 2.50. The van der Waals surface area contributed by atoms with E-state index in [1.54, 1.807) is 0 Å². The van der Waals surface area contributed by atoms with Crippen LogP contribution in [0.4, 0.5) is 0 Å². The topological polar surface area (TPSA) is 61.6 Å². The Hall–Kier alpha value is -0.650. The third-order valence-corrected chi connectivity index (χ3v) is 4.28. The number of nitrogens with two attached hydrogens (primary N) is 1. The Morgan fingerprint density at radius 3 is 2.29 bits per heavy atom. The highest BCUT2D eigenvalue weighted by molar-refractivity contribution is 5.86. The average Bonchev–Trinajstić information content (AvgIpc) is 3.25. The molecule has 0 heterocycles. The summed E-state index contributed by atoms with van der Waals surface area (Å²) in [6, 6.07) is 0. The molecular formula is C16H34N4O.